The molecule has 2 rings (SSSR count). The third kappa shape index (κ3) is 4.59. The Morgan fingerprint density at radius 2 is 2.00 bits per heavy atom. The fraction of sp³-hybridized carbons (Fsp3) is 0.812. The summed E-state index contributed by atoms with van der Waals surface area (Å²) in [6.07, 6.45) is 2.19. The number of nitrogens with one attached hydrogen (secondary N) is 1. The molecule has 148 valence electrons. The van der Waals surface area contributed by atoms with Gasteiger partial charge in [-0.25, -0.2) is 8.42 Å². The van der Waals surface area contributed by atoms with Crippen LogP contribution in [-0.2, 0) is 24.8 Å². The molecule has 0 radical (unpaired) electrons. The second-order valence-electron chi connectivity index (χ2n) is 7.69. The van der Waals surface area contributed by atoms with Crippen molar-refractivity contribution in [3.05, 3.63) is 5.01 Å². The van der Waals surface area contributed by atoms with E-state index in [0.717, 1.165) is 24.2 Å². The summed E-state index contributed by atoms with van der Waals surface area (Å²) in [6.45, 7) is 6.83. The van der Waals surface area contributed by atoms with E-state index in [2.05, 4.69) is 15.5 Å². The van der Waals surface area contributed by atoms with Crippen molar-refractivity contribution in [2.75, 3.05) is 24.3 Å². The lowest BCUT2D eigenvalue weighted by Gasteiger charge is -2.28. The first-order valence-electron chi connectivity index (χ1n) is 8.60. The molecule has 1 aliphatic heterocycles. The van der Waals surface area contributed by atoms with Gasteiger partial charge in [0.15, 0.2) is 9.84 Å². The van der Waals surface area contributed by atoms with Gasteiger partial charge < -0.3 is 9.84 Å². The Morgan fingerprint density at radius 3 is 2.58 bits per heavy atom. The van der Waals surface area contributed by atoms with Crippen molar-refractivity contribution in [1.29, 1.82) is 0 Å². The van der Waals surface area contributed by atoms with E-state index < -0.39 is 25.9 Å². The lowest BCUT2D eigenvalue weighted by Crippen LogP contribution is -2.48. The van der Waals surface area contributed by atoms with Crippen molar-refractivity contribution < 1.29 is 23.1 Å². The number of amides is 1. The molecular formula is C16H27N3O5S2. The maximum Gasteiger partial charge on any atom is 0.247 e. The molecule has 1 aromatic rings. The summed E-state index contributed by atoms with van der Waals surface area (Å²) in [5.74, 6) is -0.829. The van der Waals surface area contributed by atoms with E-state index in [4.69, 9.17) is 4.74 Å². The van der Waals surface area contributed by atoms with Crippen LogP contribution in [0.2, 0.25) is 0 Å². The predicted molar refractivity (Wildman–Crippen MR) is 100 cm³/mol. The molecule has 26 heavy (non-hydrogen) atoms. The van der Waals surface area contributed by atoms with Crippen LogP contribution in [0.4, 0.5) is 5.13 Å². The highest BCUT2D eigenvalue weighted by Crippen LogP contribution is 2.29. The Kier molecular flexibility index (Phi) is 6.42. The first-order valence-corrected chi connectivity index (χ1v) is 11.1. The zero-order valence-corrected chi connectivity index (χ0v) is 17.2. The molecule has 8 nitrogen and oxygen atoms in total. The van der Waals surface area contributed by atoms with Crippen LogP contribution in [0, 0.1) is 0 Å². The molecule has 0 saturated carbocycles. The van der Waals surface area contributed by atoms with Gasteiger partial charge in [0, 0.05) is 12.0 Å². The summed E-state index contributed by atoms with van der Waals surface area (Å²) in [7, 11) is -3.73. The molecule has 1 atom stereocenters. The van der Waals surface area contributed by atoms with Gasteiger partial charge in [-0.15, -0.1) is 10.2 Å². The van der Waals surface area contributed by atoms with Crippen LogP contribution in [0.1, 0.15) is 52.0 Å². The maximum atomic E-state index is 12.8. The monoisotopic (exact) mass is 405 g/mol. The van der Waals surface area contributed by atoms with Gasteiger partial charge in [0.05, 0.1) is 18.5 Å². The van der Waals surface area contributed by atoms with Crippen molar-refractivity contribution >= 4 is 32.2 Å². The van der Waals surface area contributed by atoms with E-state index in [1.807, 2.05) is 0 Å². The minimum Gasteiger partial charge on any atom is -0.395 e. The number of aliphatic hydroxyl groups is 1. The average Bonchev–Trinajstić information content (AvgIpc) is 3.04. The number of anilines is 1. The van der Waals surface area contributed by atoms with Gasteiger partial charge in [-0.05, 0) is 33.1 Å². The molecule has 1 aliphatic rings. The van der Waals surface area contributed by atoms with Crippen molar-refractivity contribution in [3.63, 3.8) is 0 Å². The van der Waals surface area contributed by atoms with Gasteiger partial charge in [0.1, 0.15) is 9.75 Å². The SMILES string of the molecule is CC(C)(CO)c1nnc(NC(=O)C(C)(C)S(=O)(=O)CC2CCCCO2)s1. The molecule has 0 aromatic carbocycles. The molecule has 1 aromatic heterocycles. The third-order valence-corrected chi connectivity index (χ3v) is 8.38. The van der Waals surface area contributed by atoms with E-state index in [0.29, 0.717) is 18.0 Å². The first-order chi connectivity index (χ1) is 12.0. The maximum absolute atomic E-state index is 12.8. The molecule has 1 saturated heterocycles. The second kappa shape index (κ2) is 7.87. The van der Waals surface area contributed by atoms with Crippen molar-refractivity contribution in [3.8, 4) is 0 Å². The summed E-state index contributed by atoms with van der Waals surface area (Å²) in [5.41, 5.74) is -0.583. The Morgan fingerprint density at radius 1 is 1.31 bits per heavy atom. The number of nitrogens with zero attached hydrogens (tertiary/aromatic N) is 2. The van der Waals surface area contributed by atoms with E-state index >= 15 is 0 Å². The first kappa shape index (κ1) is 21.2. The number of hydrogen-bond donors (Lipinski definition) is 2. The molecular weight excluding hydrogens is 378 g/mol. The number of aliphatic hydroxyl groups excluding tert-OH is 1. The summed E-state index contributed by atoms with van der Waals surface area (Å²) in [5, 5.41) is 20.6. The minimum absolute atomic E-state index is 0.114. The normalized spacial score (nSPS) is 19.3. The van der Waals surface area contributed by atoms with Crippen LogP contribution in [0.5, 0.6) is 0 Å². The Bertz CT molecular complexity index is 737. The molecule has 1 unspecified atom stereocenters. The average molecular weight is 406 g/mol. The Labute approximate surface area is 158 Å². The van der Waals surface area contributed by atoms with Crippen LogP contribution < -0.4 is 5.32 Å². The fourth-order valence-electron chi connectivity index (χ4n) is 2.40. The number of carbonyl (C=O) groups is 1. The molecule has 0 aliphatic carbocycles. The van der Waals surface area contributed by atoms with Gasteiger partial charge in [-0.3, -0.25) is 10.1 Å². The van der Waals surface area contributed by atoms with Gasteiger partial charge >= 0.3 is 0 Å². The van der Waals surface area contributed by atoms with Gasteiger partial charge in [0.2, 0.25) is 11.0 Å². The second-order valence-corrected chi connectivity index (χ2v) is 11.2. The molecule has 10 heteroatoms. The Balaban J connectivity index is 2.09. The van der Waals surface area contributed by atoms with Crippen LogP contribution in [0.25, 0.3) is 0 Å². The number of sulfone groups is 1. The summed E-state index contributed by atoms with van der Waals surface area (Å²) < 4.78 is 29.4. The predicted octanol–water partition coefficient (Wildman–Crippen LogP) is 1.51. The largest absolute Gasteiger partial charge is 0.395 e. The zero-order valence-electron chi connectivity index (χ0n) is 15.6. The molecule has 2 heterocycles. The fourth-order valence-corrected chi connectivity index (χ4v) is 4.73. The standard InChI is InChI=1S/C16H27N3O5S2/c1-15(2,10-20)13-18-19-14(25-13)17-12(21)16(3,4)26(22,23)9-11-7-5-6-8-24-11/h11,20H,5-10H2,1-4H3,(H,17,19,21). The molecule has 1 amide bonds. The van der Waals surface area contributed by atoms with Crippen LogP contribution >= 0.6 is 11.3 Å². The molecule has 2 N–H and O–H groups in total. The van der Waals surface area contributed by atoms with E-state index in [1.165, 1.54) is 13.8 Å². The van der Waals surface area contributed by atoms with Crippen LogP contribution in [0.3, 0.4) is 0 Å². The smallest absolute Gasteiger partial charge is 0.247 e. The summed E-state index contributed by atoms with van der Waals surface area (Å²) in [4.78, 5) is 12.6. The lowest BCUT2D eigenvalue weighted by molar-refractivity contribution is -0.117. The van der Waals surface area contributed by atoms with Crippen LogP contribution in [-0.4, -0.2) is 59.4 Å². The molecule has 1 fully saturated rings. The van der Waals surface area contributed by atoms with Gasteiger partial charge in [-0.2, -0.15) is 0 Å². The van der Waals surface area contributed by atoms with Crippen molar-refractivity contribution in [2.24, 2.45) is 0 Å². The number of ether oxygens (including phenoxy) is 1. The van der Waals surface area contributed by atoms with Crippen molar-refractivity contribution in [1.82, 2.24) is 10.2 Å². The Hall–Kier alpha value is -1.10. The number of hydrogen-bond acceptors (Lipinski definition) is 8. The number of carbonyl (C=O) groups excluding carboxylic acids is 1. The van der Waals surface area contributed by atoms with E-state index in [-0.39, 0.29) is 23.6 Å². The third-order valence-electron chi connectivity index (χ3n) is 4.62. The van der Waals surface area contributed by atoms with E-state index in [9.17, 15) is 18.3 Å². The number of rotatable bonds is 7. The number of aromatic nitrogens is 2. The quantitative estimate of drug-likeness (QED) is 0.706. The van der Waals surface area contributed by atoms with Gasteiger partial charge in [0.25, 0.3) is 0 Å². The lowest BCUT2D eigenvalue weighted by atomic mass is 9.96. The highest BCUT2D eigenvalue weighted by molar-refractivity contribution is 7.93. The molecule has 0 bridgehead atoms. The van der Waals surface area contributed by atoms with Crippen molar-refractivity contribution in [2.45, 2.75) is 63.2 Å². The highest BCUT2D eigenvalue weighted by Gasteiger charge is 2.43. The highest BCUT2D eigenvalue weighted by atomic mass is 32.2. The topological polar surface area (TPSA) is 118 Å². The summed E-state index contributed by atoms with van der Waals surface area (Å²) in [6, 6.07) is 0. The zero-order chi connectivity index (χ0) is 19.6. The van der Waals surface area contributed by atoms with E-state index in [1.54, 1.807) is 13.8 Å². The van der Waals surface area contributed by atoms with Gasteiger partial charge in [-0.1, -0.05) is 25.2 Å². The molecule has 0 spiro atoms. The van der Waals surface area contributed by atoms with Crippen LogP contribution in [0.15, 0.2) is 0 Å². The minimum atomic E-state index is -3.73. The summed E-state index contributed by atoms with van der Waals surface area (Å²) >= 11 is 1.12.